The number of halogens is 1. The van der Waals surface area contributed by atoms with Gasteiger partial charge in [-0.25, -0.2) is 13.1 Å². The van der Waals surface area contributed by atoms with Crippen LogP contribution in [0.1, 0.15) is 20.3 Å². The molecule has 1 aromatic carbocycles. The van der Waals surface area contributed by atoms with Crippen LogP contribution >= 0.6 is 11.6 Å². The van der Waals surface area contributed by atoms with Gasteiger partial charge in [0.1, 0.15) is 0 Å². The summed E-state index contributed by atoms with van der Waals surface area (Å²) >= 11 is 5.77. The van der Waals surface area contributed by atoms with Gasteiger partial charge in [-0.1, -0.05) is 37.9 Å². The molecule has 8 heteroatoms. The van der Waals surface area contributed by atoms with Gasteiger partial charge in [0.15, 0.2) is 0 Å². The number of hydrogen-bond donors (Lipinski definition) is 3. The molecule has 124 valence electrons. The molecule has 1 aromatic rings. The molecule has 0 saturated heterocycles. The molecule has 0 heterocycles. The first-order chi connectivity index (χ1) is 10.3. The Morgan fingerprint density at radius 1 is 1.36 bits per heavy atom. The van der Waals surface area contributed by atoms with E-state index >= 15 is 0 Å². The van der Waals surface area contributed by atoms with Crippen molar-refractivity contribution < 1.29 is 13.2 Å². The molecule has 0 spiro atoms. The molecule has 6 nitrogen and oxygen atoms in total. The van der Waals surface area contributed by atoms with Crippen molar-refractivity contribution in [1.29, 1.82) is 0 Å². The predicted molar refractivity (Wildman–Crippen MR) is 87.1 cm³/mol. The van der Waals surface area contributed by atoms with Gasteiger partial charge >= 0.3 is 0 Å². The van der Waals surface area contributed by atoms with Crippen LogP contribution in [0.3, 0.4) is 0 Å². The average Bonchev–Trinajstić information content (AvgIpc) is 2.49. The number of rotatable bonds is 8. The molecule has 0 aromatic heterocycles. The maximum atomic E-state index is 12.0. The van der Waals surface area contributed by atoms with Crippen molar-refractivity contribution >= 4 is 27.5 Å². The molecular weight excluding hydrogens is 326 g/mol. The second kappa shape index (κ2) is 8.47. The lowest BCUT2D eigenvalue weighted by Crippen LogP contribution is -2.46. The summed E-state index contributed by atoms with van der Waals surface area (Å²) in [5.74, 6) is -0.209. The first-order valence-corrected chi connectivity index (χ1v) is 8.92. The molecule has 0 radical (unpaired) electrons. The maximum Gasteiger partial charge on any atom is 0.240 e. The minimum atomic E-state index is -3.64. The van der Waals surface area contributed by atoms with Crippen LogP contribution in [0.2, 0.25) is 5.02 Å². The van der Waals surface area contributed by atoms with Crippen LogP contribution in [0.25, 0.3) is 0 Å². The molecule has 4 N–H and O–H groups in total. The van der Waals surface area contributed by atoms with E-state index in [0.29, 0.717) is 5.02 Å². The van der Waals surface area contributed by atoms with Gasteiger partial charge in [-0.3, -0.25) is 4.79 Å². The molecule has 22 heavy (non-hydrogen) atoms. The zero-order valence-electron chi connectivity index (χ0n) is 12.7. The number of nitrogens with one attached hydrogen (secondary N) is 2. The van der Waals surface area contributed by atoms with E-state index in [1.54, 1.807) is 12.1 Å². The second-order valence-corrected chi connectivity index (χ2v) is 7.26. The van der Waals surface area contributed by atoms with Gasteiger partial charge < -0.3 is 11.1 Å². The quantitative estimate of drug-likeness (QED) is 0.613. The summed E-state index contributed by atoms with van der Waals surface area (Å²) < 4.78 is 26.4. The maximum absolute atomic E-state index is 12.0. The summed E-state index contributed by atoms with van der Waals surface area (Å²) in [4.78, 5) is 11.8. The highest BCUT2D eigenvalue weighted by atomic mass is 35.5. The van der Waals surface area contributed by atoms with Crippen molar-refractivity contribution in [3.8, 4) is 0 Å². The lowest BCUT2D eigenvalue weighted by atomic mass is 9.99. The monoisotopic (exact) mass is 347 g/mol. The fraction of sp³-hybridized carbons (Fsp3) is 0.500. The van der Waals surface area contributed by atoms with Crippen molar-refractivity contribution in [2.45, 2.75) is 31.2 Å². The van der Waals surface area contributed by atoms with Crippen molar-refractivity contribution in [1.82, 2.24) is 10.0 Å². The average molecular weight is 348 g/mol. The normalized spacial score (nSPS) is 14.4. The molecule has 0 aliphatic carbocycles. The second-order valence-electron chi connectivity index (χ2n) is 5.06. The number of carbonyl (C=O) groups is 1. The Morgan fingerprint density at radius 3 is 2.64 bits per heavy atom. The molecule has 1 rings (SSSR count). The SMILES string of the molecule is CCC(C)C(N)C(=O)NCCNS(=O)(=O)c1cccc(Cl)c1. The van der Waals surface area contributed by atoms with Gasteiger partial charge in [0, 0.05) is 18.1 Å². The van der Waals surface area contributed by atoms with Crippen LogP contribution in [0.4, 0.5) is 0 Å². The first-order valence-electron chi connectivity index (χ1n) is 7.06. The van der Waals surface area contributed by atoms with Crippen molar-refractivity contribution in [3.63, 3.8) is 0 Å². The van der Waals surface area contributed by atoms with Crippen molar-refractivity contribution in [2.75, 3.05) is 13.1 Å². The van der Waals surface area contributed by atoms with Gasteiger partial charge in [0.05, 0.1) is 10.9 Å². The number of hydrogen-bond acceptors (Lipinski definition) is 4. The number of nitrogens with two attached hydrogens (primary N) is 1. The van der Waals surface area contributed by atoms with Crippen LogP contribution in [0.15, 0.2) is 29.2 Å². The molecule has 0 bridgehead atoms. The highest BCUT2D eigenvalue weighted by Crippen LogP contribution is 2.14. The van der Waals surface area contributed by atoms with Crippen LogP contribution in [0.5, 0.6) is 0 Å². The summed E-state index contributed by atoms with van der Waals surface area (Å²) in [6.45, 7) is 4.10. The Bertz CT molecular complexity index is 607. The van der Waals surface area contributed by atoms with Crippen molar-refractivity contribution in [2.24, 2.45) is 11.7 Å². The van der Waals surface area contributed by atoms with E-state index in [9.17, 15) is 13.2 Å². The van der Waals surface area contributed by atoms with E-state index in [4.69, 9.17) is 17.3 Å². The highest BCUT2D eigenvalue weighted by molar-refractivity contribution is 7.89. The van der Waals surface area contributed by atoms with Crippen molar-refractivity contribution in [3.05, 3.63) is 29.3 Å². The smallest absolute Gasteiger partial charge is 0.240 e. The van der Waals surface area contributed by atoms with Gasteiger partial charge in [-0.05, 0) is 24.1 Å². The zero-order valence-corrected chi connectivity index (χ0v) is 14.2. The van der Waals surface area contributed by atoms with Crippen LogP contribution in [0, 0.1) is 5.92 Å². The summed E-state index contributed by atoms with van der Waals surface area (Å²) in [6.07, 6.45) is 0.802. The third-order valence-electron chi connectivity index (χ3n) is 3.38. The van der Waals surface area contributed by atoms with E-state index in [0.717, 1.165) is 6.42 Å². The van der Waals surface area contributed by atoms with Crippen LogP contribution in [-0.4, -0.2) is 33.5 Å². The number of amides is 1. The first kappa shape index (κ1) is 18.9. The molecule has 0 aliphatic heterocycles. The minimum Gasteiger partial charge on any atom is -0.353 e. The molecule has 0 aliphatic rings. The summed E-state index contributed by atoms with van der Waals surface area (Å²) in [5.41, 5.74) is 5.78. The molecule has 1 amide bonds. The molecule has 0 saturated carbocycles. The predicted octanol–water partition coefficient (Wildman–Crippen LogP) is 1.11. The largest absolute Gasteiger partial charge is 0.353 e. The molecule has 0 fully saturated rings. The fourth-order valence-corrected chi connectivity index (χ4v) is 3.05. The Morgan fingerprint density at radius 2 is 2.05 bits per heavy atom. The van der Waals surface area contributed by atoms with Gasteiger partial charge in [-0.2, -0.15) is 0 Å². The van der Waals surface area contributed by atoms with Gasteiger partial charge in [0.25, 0.3) is 0 Å². The number of benzene rings is 1. The third-order valence-corrected chi connectivity index (χ3v) is 5.08. The third kappa shape index (κ3) is 5.57. The lowest BCUT2D eigenvalue weighted by Gasteiger charge is -2.17. The summed E-state index contributed by atoms with van der Waals surface area (Å²) in [7, 11) is -3.64. The Labute approximate surface area is 136 Å². The van der Waals surface area contributed by atoms with E-state index in [1.165, 1.54) is 12.1 Å². The standard InChI is InChI=1S/C14H22ClN3O3S/c1-3-10(2)13(16)14(19)17-7-8-18-22(20,21)12-6-4-5-11(15)9-12/h4-6,9-10,13,18H,3,7-8,16H2,1-2H3,(H,17,19). The Hall–Kier alpha value is -1.15. The molecule has 2 atom stereocenters. The Kier molecular flexibility index (Phi) is 7.28. The van der Waals surface area contributed by atoms with E-state index in [2.05, 4.69) is 10.0 Å². The van der Waals surface area contributed by atoms with E-state index in [1.807, 2.05) is 13.8 Å². The minimum absolute atomic E-state index is 0.0724. The topological polar surface area (TPSA) is 101 Å². The Balaban J connectivity index is 2.46. The molecule has 2 unspecified atom stereocenters. The molecular formula is C14H22ClN3O3S. The number of sulfonamides is 1. The van der Waals surface area contributed by atoms with Crippen LogP contribution in [-0.2, 0) is 14.8 Å². The van der Waals surface area contributed by atoms with Crippen LogP contribution < -0.4 is 15.8 Å². The zero-order chi connectivity index (χ0) is 16.8. The highest BCUT2D eigenvalue weighted by Gasteiger charge is 2.19. The van der Waals surface area contributed by atoms with Gasteiger partial charge in [0.2, 0.25) is 15.9 Å². The lowest BCUT2D eigenvalue weighted by molar-refractivity contribution is -0.123. The van der Waals surface area contributed by atoms with Gasteiger partial charge in [-0.15, -0.1) is 0 Å². The van der Waals surface area contributed by atoms with E-state index < -0.39 is 16.1 Å². The number of carbonyl (C=O) groups excluding carboxylic acids is 1. The fourth-order valence-electron chi connectivity index (χ4n) is 1.72. The summed E-state index contributed by atoms with van der Waals surface area (Å²) in [5, 5.41) is 2.96. The summed E-state index contributed by atoms with van der Waals surface area (Å²) in [6, 6.07) is 5.38. The van der Waals surface area contributed by atoms with E-state index in [-0.39, 0.29) is 29.8 Å².